The molecule has 1 aliphatic rings. The van der Waals surface area contributed by atoms with Gasteiger partial charge >= 0.3 is 0 Å². The molecule has 0 bridgehead atoms. The van der Waals surface area contributed by atoms with Crippen LogP contribution in [-0.4, -0.2) is 30.0 Å². The second-order valence-electron chi connectivity index (χ2n) is 3.74. The molecule has 0 amide bonds. The van der Waals surface area contributed by atoms with Gasteiger partial charge in [-0.3, -0.25) is 0 Å². The van der Waals surface area contributed by atoms with E-state index in [9.17, 15) is 4.91 Å². The Morgan fingerprint density at radius 1 is 1.47 bits per heavy atom. The molecule has 2 heterocycles. The van der Waals surface area contributed by atoms with E-state index in [4.69, 9.17) is 0 Å². The largest absolute Gasteiger partial charge is 0.302 e. The highest BCUT2D eigenvalue weighted by Gasteiger charge is 2.09. The van der Waals surface area contributed by atoms with Crippen molar-refractivity contribution in [1.82, 2.24) is 9.88 Å². The van der Waals surface area contributed by atoms with Crippen LogP contribution in [0, 0.1) is 4.91 Å². The first-order valence-corrected chi connectivity index (χ1v) is 4.97. The molecule has 4 heteroatoms. The summed E-state index contributed by atoms with van der Waals surface area (Å²) >= 11 is 0. The number of rotatable bonds is 2. The van der Waals surface area contributed by atoms with Crippen LogP contribution in [0.25, 0.3) is 5.57 Å². The summed E-state index contributed by atoms with van der Waals surface area (Å²) in [5.74, 6) is 0.243. The minimum atomic E-state index is 0.243. The molecule has 1 aromatic rings. The summed E-state index contributed by atoms with van der Waals surface area (Å²) in [6, 6.07) is 3.56. The van der Waals surface area contributed by atoms with Crippen LogP contribution in [0.1, 0.15) is 12.0 Å². The molecule has 0 fully saturated rings. The standard InChI is InChI=1S/C11H13N3O/c1-14-6-4-9(5-7-14)10-2-3-11(13-15)12-8-10/h2-4,8H,5-7H2,1H3. The Labute approximate surface area is 88.6 Å². The Hall–Kier alpha value is -1.55. The molecular weight excluding hydrogens is 190 g/mol. The van der Waals surface area contributed by atoms with Crippen molar-refractivity contribution in [3.63, 3.8) is 0 Å². The molecule has 0 aromatic carbocycles. The van der Waals surface area contributed by atoms with Crippen LogP contribution in [0.2, 0.25) is 0 Å². The smallest absolute Gasteiger partial charge is 0.196 e. The maximum Gasteiger partial charge on any atom is 0.196 e. The lowest BCUT2D eigenvalue weighted by atomic mass is 10.0. The van der Waals surface area contributed by atoms with Gasteiger partial charge in [0.1, 0.15) is 0 Å². The number of aromatic nitrogens is 1. The minimum Gasteiger partial charge on any atom is -0.302 e. The molecule has 4 nitrogen and oxygen atoms in total. The summed E-state index contributed by atoms with van der Waals surface area (Å²) in [4.78, 5) is 16.4. The molecule has 0 N–H and O–H groups in total. The molecule has 1 aliphatic heterocycles. The van der Waals surface area contributed by atoms with E-state index in [0.717, 1.165) is 25.1 Å². The van der Waals surface area contributed by atoms with Crippen molar-refractivity contribution in [1.29, 1.82) is 0 Å². The van der Waals surface area contributed by atoms with Gasteiger partial charge in [-0.25, -0.2) is 4.98 Å². The predicted octanol–water partition coefficient (Wildman–Crippen LogP) is 2.20. The number of hydrogen-bond acceptors (Lipinski definition) is 4. The zero-order chi connectivity index (χ0) is 10.7. The van der Waals surface area contributed by atoms with Crippen LogP contribution in [0.15, 0.2) is 29.6 Å². The van der Waals surface area contributed by atoms with E-state index in [2.05, 4.69) is 28.2 Å². The van der Waals surface area contributed by atoms with Crippen LogP contribution in [0.3, 0.4) is 0 Å². The Kier molecular flexibility index (Phi) is 2.87. The van der Waals surface area contributed by atoms with Crippen LogP contribution in [-0.2, 0) is 0 Å². The first-order chi connectivity index (χ1) is 7.29. The van der Waals surface area contributed by atoms with Gasteiger partial charge in [0.15, 0.2) is 5.82 Å². The summed E-state index contributed by atoms with van der Waals surface area (Å²) in [6.45, 7) is 2.04. The van der Waals surface area contributed by atoms with E-state index in [0.29, 0.717) is 0 Å². The SMILES string of the molecule is CN1CC=C(c2ccc(N=O)nc2)CC1. The van der Waals surface area contributed by atoms with Crippen molar-refractivity contribution in [3.05, 3.63) is 34.9 Å². The molecule has 2 rings (SSSR count). The van der Waals surface area contributed by atoms with Gasteiger partial charge in [0.05, 0.1) is 0 Å². The van der Waals surface area contributed by atoms with Gasteiger partial charge in [-0.2, -0.15) is 0 Å². The Balaban J connectivity index is 2.19. The maximum absolute atomic E-state index is 10.2. The first-order valence-electron chi connectivity index (χ1n) is 4.97. The summed E-state index contributed by atoms with van der Waals surface area (Å²) in [7, 11) is 2.10. The molecule has 0 radical (unpaired) electrons. The number of likely N-dealkylation sites (N-methyl/N-ethyl adjacent to an activating group) is 1. The lowest BCUT2D eigenvalue weighted by Gasteiger charge is -2.21. The predicted molar refractivity (Wildman–Crippen MR) is 59.8 cm³/mol. The fourth-order valence-electron chi connectivity index (χ4n) is 1.66. The zero-order valence-electron chi connectivity index (χ0n) is 8.68. The fraction of sp³-hybridized carbons (Fsp3) is 0.364. The highest BCUT2D eigenvalue weighted by atomic mass is 16.3. The first kappa shape index (κ1) is 9.98. The second-order valence-corrected chi connectivity index (χ2v) is 3.74. The molecule has 15 heavy (non-hydrogen) atoms. The summed E-state index contributed by atoms with van der Waals surface area (Å²) in [5.41, 5.74) is 2.40. The summed E-state index contributed by atoms with van der Waals surface area (Å²) in [5, 5.41) is 2.78. The number of nitrogens with zero attached hydrogens (tertiary/aromatic N) is 3. The zero-order valence-corrected chi connectivity index (χ0v) is 8.68. The van der Waals surface area contributed by atoms with Crippen molar-refractivity contribution < 1.29 is 0 Å². The monoisotopic (exact) mass is 203 g/mol. The maximum atomic E-state index is 10.2. The molecule has 0 unspecified atom stereocenters. The molecule has 0 aliphatic carbocycles. The molecule has 1 aromatic heterocycles. The molecular formula is C11H13N3O. The van der Waals surface area contributed by atoms with Crippen LogP contribution in [0.5, 0.6) is 0 Å². The quantitative estimate of drug-likeness (QED) is 0.692. The third kappa shape index (κ3) is 2.27. The van der Waals surface area contributed by atoms with Crippen molar-refractivity contribution in [2.24, 2.45) is 5.18 Å². The number of nitroso groups, excluding NO2 is 1. The van der Waals surface area contributed by atoms with E-state index >= 15 is 0 Å². The van der Waals surface area contributed by atoms with Gasteiger partial charge in [0.25, 0.3) is 0 Å². The average molecular weight is 203 g/mol. The minimum absolute atomic E-state index is 0.243. The van der Waals surface area contributed by atoms with Gasteiger partial charge in [-0.15, -0.1) is 4.91 Å². The normalized spacial score (nSPS) is 17.3. The highest BCUT2D eigenvalue weighted by Crippen LogP contribution is 2.22. The van der Waals surface area contributed by atoms with Gasteiger partial charge < -0.3 is 4.90 Å². The van der Waals surface area contributed by atoms with E-state index in [1.54, 1.807) is 12.3 Å². The van der Waals surface area contributed by atoms with E-state index < -0.39 is 0 Å². The molecule has 0 spiro atoms. The van der Waals surface area contributed by atoms with Crippen LogP contribution >= 0.6 is 0 Å². The van der Waals surface area contributed by atoms with E-state index in [-0.39, 0.29) is 5.82 Å². The van der Waals surface area contributed by atoms with Crippen molar-refractivity contribution in [2.45, 2.75) is 6.42 Å². The average Bonchev–Trinajstić information content (AvgIpc) is 2.30. The molecule has 78 valence electrons. The molecule has 0 saturated carbocycles. The highest BCUT2D eigenvalue weighted by molar-refractivity contribution is 5.66. The Bertz CT molecular complexity index is 383. The van der Waals surface area contributed by atoms with Crippen molar-refractivity contribution in [2.75, 3.05) is 20.1 Å². The number of hydrogen-bond donors (Lipinski definition) is 0. The van der Waals surface area contributed by atoms with Gasteiger partial charge in [0.2, 0.25) is 0 Å². The Morgan fingerprint density at radius 2 is 2.33 bits per heavy atom. The van der Waals surface area contributed by atoms with Crippen molar-refractivity contribution in [3.8, 4) is 0 Å². The van der Waals surface area contributed by atoms with Gasteiger partial charge in [-0.05, 0) is 41.9 Å². The van der Waals surface area contributed by atoms with E-state index in [1.807, 2.05) is 6.07 Å². The van der Waals surface area contributed by atoms with Crippen LogP contribution in [0.4, 0.5) is 5.82 Å². The number of pyridine rings is 1. The lowest BCUT2D eigenvalue weighted by molar-refractivity contribution is 0.370. The topological polar surface area (TPSA) is 45.6 Å². The third-order valence-corrected chi connectivity index (χ3v) is 2.62. The van der Waals surface area contributed by atoms with Gasteiger partial charge in [-0.1, -0.05) is 6.08 Å². The summed E-state index contributed by atoms with van der Waals surface area (Å²) < 4.78 is 0. The Morgan fingerprint density at radius 3 is 2.87 bits per heavy atom. The van der Waals surface area contributed by atoms with E-state index in [1.165, 1.54) is 5.57 Å². The van der Waals surface area contributed by atoms with Gasteiger partial charge in [0, 0.05) is 19.3 Å². The fourth-order valence-corrected chi connectivity index (χ4v) is 1.66. The second kappa shape index (κ2) is 4.31. The van der Waals surface area contributed by atoms with Crippen LogP contribution < -0.4 is 0 Å². The van der Waals surface area contributed by atoms with Crippen molar-refractivity contribution >= 4 is 11.4 Å². The third-order valence-electron chi connectivity index (χ3n) is 2.62. The molecule has 0 saturated heterocycles. The summed E-state index contributed by atoms with van der Waals surface area (Å²) in [6.07, 6.45) is 4.95. The molecule has 0 atom stereocenters. The lowest BCUT2D eigenvalue weighted by Crippen LogP contribution is -2.23.